The Bertz CT molecular complexity index is 1380. The number of pyridine rings is 1. The molecule has 0 radical (unpaired) electrons. The molecule has 156 valence electrons. The van der Waals surface area contributed by atoms with E-state index in [0.29, 0.717) is 5.56 Å². The highest BCUT2D eigenvalue weighted by molar-refractivity contribution is 5.88. The number of ether oxygens (including phenoxy) is 1. The smallest absolute Gasteiger partial charge is 0.341 e. The zero-order valence-corrected chi connectivity index (χ0v) is 16.2. The lowest BCUT2D eigenvalue weighted by Crippen LogP contribution is -2.27. The third kappa shape index (κ3) is 4.09. The Morgan fingerprint density at radius 3 is 2.35 bits per heavy atom. The molecule has 2 aromatic heterocycles. The molecule has 0 atom stereocenters. The van der Waals surface area contributed by atoms with Gasteiger partial charge in [0, 0.05) is 18.6 Å². The van der Waals surface area contributed by atoms with E-state index in [4.69, 9.17) is 4.74 Å². The molecular formula is C23H17FN2O5. The fourth-order valence-electron chi connectivity index (χ4n) is 3.22. The first-order valence-electron chi connectivity index (χ1n) is 9.37. The molecule has 0 aliphatic heterocycles. The number of hydrogen-bond donors (Lipinski definition) is 1. The van der Waals surface area contributed by atoms with Crippen LogP contribution in [0.3, 0.4) is 0 Å². The van der Waals surface area contributed by atoms with Gasteiger partial charge in [-0.1, -0.05) is 42.5 Å². The molecule has 0 fully saturated rings. The van der Waals surface area contributed by atoms with Gasteiger partial charge in [-0.2, -0.15) is 0 Å². The Hall–Kier alpha value is -4.20. The van der Waals surface area contributed by atoms with Crippen molar-refractivity contribution in [1.29, 1.82) is 0 Å². The van der Waals surface area contributed by atoms with Crippen molar-refractivity contribution in [3.63, 3.8) is 0 Å². The van der Waals surface area contributed by atoms with E-state index >= 15 is 0 Å². The second-order valence-electron chi connectivity index (χ2n) is 6.89. The van der Waals surface area contributed by atoms with Crippen LogP contribution in [-0.4, -0.2) is 20.0 Å². The summed E-state index contributed by atoms with van der Waals surface area (Å²) in [6, 6.07) is 14.7. The van der Waals surface area contributed by atoms with Crippen LogP contribution in [0.15, 0.2) is 82.8 Å². The van der Waals surface area contributed by atoms with E-state index < -0.39 is 22.5 Å². The van der Waals surface area contributed by atoms with Crippen molar-refractivity contribution >= 4 is 11.5 Å². The van der Waals surface area contributed by atoms with Gasteiger partial charge < -0.3 is 18.8 Å². The molecule has 0 amide bonds. The fourth-order valence-corrected chi connectivity index (χ4v) is 3.22. The third-order valence-electron chi connectivity index (χ3n) is 4.79. The Morgan fingerprint density at radius 1 is 0.968 bits per heavy atom. The van der Waals surface area contributed by atoms with Crippen LogP contribution in [0.5, 0.6) is 5.75 Å². The van der Waals surface area contributed by atoms with Crippen LogP contribution < -0.4 is 15.7 Å². The Labute approximate surface area is 175 Å². The summed E-state index contributed by atoms with van der Waals surface area (Å²) >= 11 is 0. The van der Waals surface area contributed by atoms with Gasteiger partial charge in [0.1, 0.15) is 18.0 Å². The first kappa shape index (κ1) is 20.1. The monoisotopic (exact) mass is 420 g/mol. The molecular weight excluding hydrogens is 403 g/mol. The number of carbonyl (C=O) groups is 1. The molecule has 4 aromatic rings. The molecule has 0 saturated carbocycles. The van der Waals surface area contributed by atoms with E-state index in [2.05, 4.69) is 0 Å². The topological polar surface area (TPSA) is 90.0 Å². The van der Waals surface area contributed by atoms with Crippen LogP contribution in [-0.2, 0) is 13.2 Å². The van der Waals surface area contributed by atoms with Crippen LogP contribution in [0.4, 0.5) is 4.39 Å². The van der Waals surface area contributed by atoms with Crippen molar-refractivity contribution in [1.82, 2.24) is 8.97 Å². The molecule has 0 spiro atoms. The van der Waals surface area contributed by atoms with Crippen molar-refractivity contribution in [3.05, 3.63) is 116 Å². The van der Waals surface area contributed by atoms with Gasteiger partial charge in [0.25, 0.3) is 5.56 Å². The highest BCUT2D eigenvalue weighted by Gasteiger charge is 2.20. The molecule has 0 saturated heterocycles. The molecule has 8 heteroatoms. The van der Waals surface area contributed by atoms with Crippen LogP contribution in [0.2, 0.25) is 0 Å². The summed E-state index contributed by atoms with van der Waals surface area (Å²) in [6.07, 6.45) is 4.04. The molecule has 2 aromatic carbocycles. The summed E-state index contributed by atoms with van der Waals surface area (Å²) in [5.74, 6) is -2.14. The van der Waals surface area contributed by atoms with Crippen LogP contribution >= 0.6 is 0 Å². The van der Waals surface area contributed by atoms with Gasteiger partial charge in [0.15, 0.2) is 11.3 Å². The standard InChI is InChI=1S/C23H17FN2O5/c24-17-8-6-15(7-9-17)12-26-11-10-25-13-18(23(29)30)20(27)21(19(25)22(26)28)31-14-16-4-2-1-3-5-16/h1-11,13H,12,14H2,(H,29,30). The van der Waals surface area contributed by atoms with Crippen LogP contribution in [0, 0.1) is 5.82 Å². The summed E-state index contributed by atoms with van der Waals surface area (Å²) in [5, 5.41) is 9.39. The van der Waals surface area contributed by atoms with Gasteiger partial charge in [0.05, 0.1) is 6.54 Å². The van der Waals surface area contributed by atoms with E-state index in [1.54, 1.807) is 36.4 Å². The maximum atomic E-state index is 13.2. The molecule has 0 unspecified atom stereocenters. The van der Waals surface area contributed by atoms with Gasteiger partial charge in [0.2, 0.25) is 5.43 Å². The molecule has 2 heterocycles. The molecule has 7 nitrogen and oxygen atoms in total. The first-order valence-corrected chi connectivity index (χ1v) is 9.37. The highest BCUT2D eigenvalue weighted by atomic mass is 19.1. The predicted octanol–water partition coefficient (Wildman–Crippen LogP) is 2.93. The van der Waals surface area contributed by atoms with Crippen LogP contribution in [0.1, 0.15) is 21.5 Å². The Kier molecular flexibility index (Phi) is 5.36. The number of hydrogen-bond acceptors (Lipinski definition) is 4. The molecule has 1 N–H and O–H groups in total. The predicted molar refractivity (Wildman–Crippen MR) is 111 cm³/mol. The van der Waals surface area contributed by atoms with Crippen molar-refractivity contribution in [2.45, 2.75) is 13.2 Å². The summed E-state index contributed by atoms with van der Waals surface area (Å²) in [6.45, 7) is 0.129. The van der Waals surface area contributed by atoms with Crippen molar-refractivity contribution in [2.24, 2.45) is 0 Å². The molecule has 4 rings (SSSR count). The number of benzene rings is 2. The molecule has 0 aliphatic rings. The Balaban J connectivity index is 1.84. The number of rotatable bonds is 6. The third-order valence-corrected chi connectivity index (χ3v) is 4.79. The Morgan fingerprint density at radius 2 is 1.68 bits per heavy atom. The zero-order chi connectivity index (χ0) is 22.0. The summed E-state index contributed by atoms with van der Waals surface area (Å²) in [5.41, 5.74) is -0.553. The number of carboxylic acid groups (broad SMARTS) is 1. The highest BCUT2D eigenvalue weighted by Crippen LogP contribution is 2.16. The lowest BCUT2D eigenvalue weighted by molar-refractivity contribution is 0.0694. The minimum absolute atomic E-state index is 0.0128. The zero-order valence-electron chi connectivity index (χ0n) is 16.2. The number of fused-ring (bicyclic) bond motifs is 1. The number of aromatic carboxylic acids is 1. The second kappa shape index (κ2) is 8.27. The fraction of sp³-hybridized carbons (Fsp3) is 0.0870. The second-order valence-corrected chi connectivity index (χ2v) is 6.89. The number of halogens is 1. The average Bonchev–Trinajstić information content (AvgIpc) is 2.77. The minimum Gasteiger partial charge on any atom is -0.483 e. The lowest BCUT2D eigenvalue weighted by Gasteiger charge is -2.13. The number of aromatic nitrogens is 2. The van der Waals surface area contributed by atoms with Gasteiger partial charge >= 0.3 is 5.97 Å². The average molecular weight is 420 g/mol. The van der Waals surface area contributed by atoms with E-state index in [-0.39, 0.29) is 30.2 Å². The molecule has 0 bridgehead atoms. The van der Waals surface area contributed by atoms with Gasteiger partial charge in [-0.15, -0.1) is 0 Å². The molecule has 0 aliphatic carbocycles. The van der Waals surface area contributed by atoms with Gasteiger partial charge in [-0.3, -0.25) is 9.59 Å². The molecule has 31 heavy (non-hydrogen) atoms. The van der Waals surface area contributed by atoms with E-state index in [1.807, 2.05) is 6.07 Å². The minimum atomic E-state index is -1.42. The van der Waals surface area contributed by atoms with Crippen molar-refractivity contribution < 1.29 is 19.0 Å². The maximum absolute atomic E-state index is 13.2. The van der Waals surface area contributed by atoms with Gasteiger partial charge in [-0.25, -0.2) is 9.18 Å². The van der Waals surface area contributed by atoms with Crippen molar-refractivity contribution in [3.8, 4) is 5.75 Å². The van der Waals surface area contributed by atoms with E-state index in [9.17, 15) is 23.9 Å². The summed E-state index contributed by atoms with van der Waals surface area (Å²) < 4.78 is 21.5. The largest absolute Gasteiger partial charge is 0.483 e. The summed E-state index contributed by atoms with van der Waals surface area (Å²) in [4.78, 5) is 37.5. The van der Waals surface area contributed by atoms with E-state index in [1.165, 1.54) is 33.5 Å². The SMILES string of the molecule is O=C(O)c1cn2ccn(Cc3ccc(F)cc3)c(=O)c2c(OCc2ccccc2)c1=O. The van der Waals surface area contributed by atoms with E-state index in [0.717, 1.165) is 11.8 Å². The van der Waals surface area contributed by atoms with Crippen LogP contribution in [0.25, 0.3) is 5.52 Å². The number of nitrogens with zero attached hydrogens (tertiary/aromatic N) is 2. The number of carboxylic acids is 1. The maximum Gasteiger partial charge on any atom is 0.341 e. The normalized spacial score (nSPS) is 10.9. The quantitative estimate of drug-likeness (QED) is 0.518. The summed E-state index contributed by atoms with van der Waals surface area (Å²) in [7, 11) is 0. The van der Waals surface area contributed by atoms with Crippen molar-refractivity contribution in [2.75, 3.05) is 0 Å². The lowest BCUT2D eigenvalue weighted by atomic mass is 10.2. The first-order chi connectivity index (χ1) is 14.9. The van der Waals surface area contributed by atoms with Gasteiger partial charge in [-0.05, 0) is 23.3 Å².